The molecule has 1 amide bonds. The summed E-state index contributed by atoms with van der Waals surface area (Å²) in [4.78, 5) is 14.1. The second kappa shape index (κ2) is 6.92. The smallest absolute Gasteiger partial charge is 0.224 e. The molecule has 0 bridgehead atoms. The van der Waals surface area contributed by atoms with E-state index in [0.29, 0.717) is 12.3 Å². The lowest BCUT2D eigenvalue weighted by Crippen LogP contribution is -2.38. The van der Waals surface area contributed by atoms with Crippen LogP contribution in [0.3, 0.4) is 0 Å². The van der Waals surface area contributed by atoms with Crippen LogP contribution in [-0.2, 0) is 4.79 Å². The van der Waals surface area contributed by atoms with Gasteiger partial charge in [-0.1, -0.05) is 30.3 Å². The van der Waals surface area contributed by atoms with Crippen LogP contribution in [0.25, 0.3) is 0 Å². The lowest BCUT2D eigenvalue weighted by Gasteiger charge is -2.25. The Bertz CT molecular complexity index is 408. The number of carbonyl (C=O) groups excluding carboxylic acids is 1. The van der Waals surface area contributed by atoms with E-state index in [1.807, 2.05) is 17.9 Å². The highest BCUT2D eigenvalue weighted by molar-refractivity contribution is 5.85. The first-order valence-electron chi connectivity index (χ1n) is 6.69. The zero-order valence-electron chi connectivity index (χ0n) is 11.6. The molecular weight excluding hydrogens is 260 g/mol. The number of hydrogen-bond acceptors (Lipinski definition) is 2. The van der Waals surface area contributed by atoms with E-state index in [1.54, 1.807) is 0 Å². The minimum absolute atomic E-state index is 0. The maximum atomic E-state index is 12.1. The molecule has 1 fully saturated rings. The molecule has 3 atom stereocenters. The van der Waals surface area contributed by atoms with Crippen molar-refractivity contribution in [3.05, 3.63) is 35.9 Å². The third-order valence-corrected chi connectivity index (χ3v) is 3.80. The molecule has 1 aromatic carbocycles. The molecule has 3 nitrogen and oxygen atoms in total. The average molecular weight is 283 g/mol. The highest BCUT2D eigenvalue weighted by atomic mass is 35.5. The summed E-state index contributed by atoms with van der Waals surface area (Å²) < 4.78 is 0. The van der Waals surface area contributed by atoms with Crippen LogP contribution in [0.15, 0.2) is 30.3 Å². The average Bonchev–Trinajstić information content (AvgIpc) is 2.71. The number of nitrogens with zero attached hydrogens (tertiary/aromatic N) is 1. The third kappa shape index (κ3) is 3.71. The van der Waals surface area contributed by atoms with Crippen LogP contribution < -0.4 is 5.73 Å². The third-order valence-electron chi connectivity index (χ3n) is 3.80. The fraction of sp³-hybridized carbons (Fsp3) is 0.533. The molecule has 2 rings (SSSR count). The number of rotatable bonds is 3. The van der Waals surface area contributed by atoms with Gasteiger partial charge in [-0.05, 0) is 25.8 Å². The van der Waals surface area contributed by atoms with E-state index in [2.05, 4.69) is 31.2 Å². The van der Waals surface area contributed by atoms with Gasteiger partial charge < -0.3 is 10.6 Å². The van der Waals surface area contributed by atoms with Gasteiger partial charge in [0.05, 0.1) is 0 Å². The fourth-order valence-corrected chi connectivity index (χ4v) is 2.83. The van der Waals surface area contributed by atoms with Crippen molar-refractivity contribution in [3.8, 4) is 0 Å². The van der Waals surface area contributed by atoms with E-state index >= 15 is 0 Å². The Morgan fingerprint density at radius 3 is 2.63 bits per heavy atom. The summed E-state index contributed by atoms with van der Waals surface area (Å²) in [5.41, 5.74) is 7.04. The van der Waals surface area contributed by atoms with Crippen molar-refractivity contribution in [2.45, 2.75) is 44.7 Å². The number of amides is 1. The van der Waals surface area contributed by atoms with Crippen LogP contribution in [0.5, 0.6) is 0 Å². The van der Waals surface area contributed by atoms with Gasteiger partial charge in [0.2, 0.25) is 5.91 Å². The summed E-state index contributed by atoms with van der Waals surface area (Å²) in [6, 6.07) is 10.7. The van der Waals surface area contributed by atoms with Crippen molar-refractivity contribution in [1.82, 2.24) is 4.90 Å². The summed E-state index contributed by atoms with van der Waals surface area (Å²) in [5, 5.41) is 0. The van der Waals surface area contributed by atoms with Gasteiger partial charge in [0.25, 0.3) is 0 Å². The molecule has 1 saturated heterocycles. The summed E-state index contributed by atoms with van der Waals surface area (Å²) in [5.74, 6) is 0.652. The van der Waals surface area contributed by atoms with Crippen LogP contribution in [0.1, 0.15) is 38.2 Å². The van der Waals surface area contributed by atoms with E-state index in [1.165, 1.54) is 5.56 Å². The summed E-state index contributed by atoms with van der Waals surface area (Å²) in [7, 11) is 0. The van der Waals surface area contributed by atoms with Gasteiger partial charge >= 0.3 is 0 Å². The molecule has 3 unspecified atom stereocenters. The first-order chi connectivity index (χ1) is 8.59. The second-order valence-electron chi connectivity index (χ2n) is 5.31. The Kier molecular flexibility index (Phi) is 5.83. The van der Waals surface area contributed by atoms with Gasteiger partial charge in [0, 0.05) is 31.0 Å². The number of carbonyl (C=O) groups is 1. The van der Waals surface area contributed by atoms with Crippen LogP contribution >= 0.6 is 12.4 Å². The number of halogens is 1. The molecule has 1 aliphatic heterocycles. The first-order valence-corrected chi connectivity index (χ1v) is 6.69. The second-order valence-corrected chi connectivity index (χ2v) is 5.31. The fourth-order valence-electron chi connectivity index (χ4n) is 2.83. The van der Waals surface area contributed by atoms with Crippen LogP contribution in [0.2, 0.25) is 0 Å². The van der Waals surface area contributed by atoms with Crippen molar-refractivity contribution in [3.63, 3.8) is 0 Å². The predicted molar refractivity (Wildman–Crippen MR) is 80.5 cm³/mol. The minimum Gasteiger partial charge on any atom is -0.339 e. The molecule has 0 aromatic heterocycles. The van der Waals surface area contributed by atoms with Gasteiger partial charge in [-0.25, -0.2) is 0 Å². The maximum Gasteiger partial charge on any atom is 0.224 e. The zero-order chi connectivity index (χ0) is 13.1. The van der Waals surface area contributed by atoms with E-state index in [4.69, 9.17) is 5.73 Å². The molecular formula is C15H23ClN2O. The van der Waals surface area contributed by atoms with Crippen molar-refractivity contribution < 1.29 is 4.79 Å². The lowest BCUT2D eigenvalue weighted by atomic mass is 9.93. The van der Waals surface area contributed by atoms with Gasteiger partial charge in [-0.15, -0.1) is 12.4 Å². The molecule has 19 heavy (non-hydrogen) atoms. The largest absolute Gasteiger partial charge is 0.339 e. The maximum absolute atomic E-state index is 12.1. The van der Waals surface area contributed by atoms with Crippen LogP contribution in [-0.4, -0.2) is 29.4 Å². The number of benzene rings is 1. The van der Waals surface area contributed by atoms with E-state index in [-0.39, 0.29) is 30.4 Å². The van der Waals surface area contributed by atoms with E-state index < -0.39 is 0 Å². The Morgan fingerprint density at radius 2 is 2.05 bits per heavy atom. The Labute approximate surface area is 121 Å². The van der Waals surface area contributed by atoms with Crippen molar-refractivity contribution in [1.29, 1.82) is 0 Å². The number of likely N-dealkylation sites (tertiary alicyclic amines) is 1. The molecule has 2 N–H and O–H groups in total. The van der Waals surface area contributed by atoms with Crippen molar-refractivity contribution >= 4 is 18.3 Å². The van der Waals surface area contributed by atoms with Gasteiger partial charge in [-0.3, -0.25) is 4.79 Å². The van der Waals surface area contributed by atoms with Gasteiger partial charge in [0.15, 0.2) is 0 Å². The number of hydrogen-bond donors (Lipinski definition) is 1. The molecule has 0 saturated carbocycles. The van der Waals surface area contributed by atoms with Gasteiger partial charge in [0.1, 0.15) is 0 Å². The Hall–Kier alpha value is -1.06. The molecule has 1 heterocycles. The molecule has 0 spiro atoms. The highest BCUT2D eigenvalue weighted by Crippen LogP contribution is 2.33. The van der Waals surface area contributed by atoms with E-state index in [9.17, 15) is 4.79 Å². The van der Waals surface area contributed by atoms with Crippen molar-refractivity contribution in [2.75, 3.05) is 6.54 Å². The van der Waals surface area contributed by atoms with Gasteiger partial charge in [-0.2, -0.15) is 0 Å². The molecule has 1 aromatic rings. The topological polar surface area (TPSA) is 46.3 Å². The summed E-state index contributed by atoms with van der Waals surface area (Å²) in [6.45, 7) is 4.88. The van der Waals surface area contributed by atoms with E-state index in [0.717, 1.165) is 13.0 Å². The zero-order valence-corrected chi connectivity index (χ0v) is 12.4. The highest BCUT2D eigenvalue weighted by Gasteiger charge is 2.34. The summed E-state index contributed by atoms with van der Waals surface area (Å²) in [6.07, 6.45) is 1.50. The van der Waals surface area contributed by atoms with Crippen LogP contribution in [0.4, 0.5) is 0 Å². The van der Waals surface area contributed by atoms with Crippen LogP contribution in [0, 0.1) is 0 Å². The van der Waals surface area contributed by atoms with Crippen molar-refractivity contribution in [2.24, 2.45) is 5.73 Å². The first kappa shape index (κ1) is 16.0. The monoisotopic (exact) mass is 282 g/mol. The standard InChI is InChI=1S/C15H22N2O.ClH/c1-11(16)10-15(18)17-9-8-14(12(17)2)13-6-4-3-5-7-13;/h3-7,11-12,14H,8-10,16H2,1-2H3;1H. The lowest BCUT2D eigenvalue weighted by molar-refractivity contribution is -0.132. The minimum atomic E-state index is -0.0551. The number of nitrogens with two attached hydrogens (primary N) is 1. The normalized spacial score (nSPS) is 23.8. The molecule has 4 heteroatoms. The molecule has 0 radical (unpaired) electrons. The SMILES string of the molecule is CC(N)CC(=O)N1CCC(c2ccccc2)C1C.Cl. The molecule has 1 aliphatic rings. The Morgan fingerprint density at radius 1 is 1.42 bits per heavy atom. The quantitative estimate of drug-likeness (QED) is 0.926. The summed E-state index contributed by atoms with van der Waals surface area (Å²) >= 11 is 0. The Balaban J connectivity index is 0.00000180. The molecule has 106 valence electrons. The molecule has 0 aliphatic carbocycles. The predicted octanol–water partition coefficient (Wildman–Crippen LogP) is 2.55.